The monoisotopic (exact) mass is 593 g/mol. The fourth-order valence-corrected chi connectivity index (χ4v) is 9.85. The zero-order valence-electron chi connectivity index (χ0n) is 23.2. The van der Waals surface area contributed by atoms with Gasteiger partial charge in [0, 0.05) is 5.60 Å². The van der Waals surface area contributed by atoms with Crippen LogP contribution in [0, 0.1) is 0 Å². The van der Waals surface area contributed by atoms with Gasteiger partial charge in [-0.1, -0.05) is 36.4 Å². The van der Waals surface area contributed by atoms with Crippen molar-refractivity contribution in [3.05, 3.63) is 54.6 Å². The minimum atomic E-state index is -0.484. The Labute approximate surface area is 242 Å². The van der Waals surface area contributed by atoms with E-state index in [1.165, 1.54) is 0 Å². The molecule has 0 N–H and O–H groups in total. The predicted octanol–water partition coefficient (Wildman–Crippen LogP) is 2.22. The molecule has 0 heterocycles. The lowest BCUT2D eigenvalue weighted by molar-refractivity contribution is 0.147. The molecule has 0 aliphatic rings. The van der Waals surface area contributed by atoms with Gasteiger partial charge in [-0.3, -0.25) is 0 Å². The largest absolute Gasteiger partial charge is 0.493 e. The summed E-state index contributed by atoms with van der Waals surface area (Å²) in [5.41, 5.74) is -0.484. The molecule has 0 amide bonds. The highest BCUT2D eigenvalue weighted by atomic mass is 28.2. The summed E-state index contributed by atoms with van der Waals surface area (Å²) >= 11 is 0. The number of hydrogen-bond acceptors (Lipinski definition) is 7. The normalized spacial score (nSPS) is 11.2. The zero-order chi connectivity index (χ0) is 28.3. The minimum absolute atomic E-state index is 0.429. The van der Waals surface area contributed by atoms with Gasteiger partial charge in [0.05, 0.1) is 71.2 Å². The van der Waals surface area contributed by atoms with Crippen LogP contribution in [0.25, 0.3) is 0 Å². The van der Waals surface area contributed by atoms with E-state index in [4.69, 9.17) is 32.8 Å². The third-order valence-electron chi connectivity index (χ3n) is 6.23. The lowest BCUT2D eigenvalue weighted by Crippen LogP contribution is -2.41. The van der Waals surface area contributed by atoms with Crippen molar-refractivity contribution in [2.75, 3.05) is 42.7 Å². The molecule has 0 aliphatic heterocycles. The maximum Gasteiger partial charge on any atom is 0.246 e. The molecule has 0 aliphatic carbocycles. The van der Waals surface area contributed by atoms with E-state index in [9.17, 15) is 0 Å². The van der Waals surface area contributed by atoms with Crippen LogP contribution in [0.4, 0.5) is 0 Å². The lowest BCUT2D eigenvalue weighted by atomic mass is 10.2. The van der Waals surface area contributed by atoms with Crippen LogP contribution in [-0.2, 0) is 4.43 Å². The number of rotatable bonds is 16. The van der Waals surface area contributed by atoms with Crippen molar-refractivity contribution in [2.45, 2.75) is 23.7 Å². The second-order valence-corrected chi connectivity index (χ2v) is 12.4. The number of benzene rings is 3. The summed E-state index contributed by atoms with van der Waals surface area (Å²) in [4.78, 5) is 0. The Balaban J connectivity index is 1.92. The van der Waals surface area contributed by atoms with Gasteiger partial charge in [0.15, 0.2) is 34.5 Å². The van der Waals surface area contributed by atoms with Gasteiger partial charge in [-0.2, -0.15) is 0 Å². The average Bonchev–Trinajstić information content (AvgIpc) is 2.99. The number of para-hydroxylation sites is 3. The quantitative estimate of drug-likeness (QED) is 0.236. The molecule has 0 saturated heterocycles. The summed E-state index contributed by atoms with van der Waals surface area (Å²) in [6, 6.07) is 20.3. The van der Waals surface area contributed by atoms with Crippen molar-refractivity contribution < 1.29 is 32.8 Å². The molecule has 0 saturated carbocycles. The maximum atomic E-state index is 6.20. The van der Waals surface area contributed by atoms with E-state index in [1.807, 2.05) is 36.4 Å². The van der Waals surface area contributed by atoms with Crippen LogP contribution in [0.2, 0.25) is 18.1 Å². The highest BCUT2D eigenvalue weighted by Gasteiger charge is 2.32. The van der Waals surface area contributed by atoms with Crippen molar-refractivity contribution in [2.24, 2.45) is 0 Å². The molecular formula is C28H33O7Si4. The summed E-state index contributed by atoms with van der Waals surface area (Å²) in [5, 5.41) is 3.28. The van der Waals surface area contributed by atoms with Gasteiger partial charge in [0.2, 0.25) is 10.5 Å². The molecular weight excluding hydrogens is 561 g/mol. The molecule has 0 bridgehead atoms. The molecule has 9 radical (unpaired) electrons. The van der Waals surface area contributed by atoms with E-state index >= 15 is 0 Å². The molecule has 0 spiro atoms. The number of methoxy groups -OCH3 is 6. The Morgan fingerprint density at radius 2 is 0.821 bits per heavy atom. The van der Waals surface area contributed by atoms with Crippen LogP contribution in [0.15, 0.2) is 54.6 Å². The molecule has 39 heavy (non-hydrogen) atoms. The summed E-state index contributed by atoms with van der Waals surface area (Å²) in [5.74, 6) is 4.44. The summed E-state index contributed by atoms with van der Waals surface area (Å²) in [6.45, 7) is 0. The molecule has 0 atom stereocenters. The fraction of sp³-hybridized carbons (Fsp3) is 0.357. The predicted molar refractivity (Wildman–Crippen MR) is 159 cm³/mol. The van der Waals surface area contributed by atoms with E-state index in [1.54, 1.807) is 42.7 Å². The molecule has 0 unspecified atom stereocenters. The standard InChI is InChI=1S/C28H33O7Si4/c1-29-19-10-7-13-22(25(19)32-4)37-16-28(35-36,17-38-23-14-8-11-20(30-2)26(23)33-5)18-39-24-15-9-12-21(31-3)27(24)34-6/h7-15H,16-18H2,1-6H3. The SMILES string of the molecule is COc1cccc([Si]CC(C[Si]c2cccc(OC)c2OC)(C[Si]c2cccc(OC)c2OC)O[Si])c1OC. The molecule has 3 aromatic rings. The van der Waals surface area contributed by atoms with E-state index < -0.39 is 5.60 Å². The van der Waals surface area contributed by atoms with Crippen LogP contribution in [0.5, 0.6) is 34.5 Å². The Kier molecular flexibility index (Phi) is 12.0. The Morgan fingerprint density at radius 1 is 0.513 bits per heavy atom. The average molecular weight is 594 g/mol. The first-order valence-corrected chi connectivity index (χ1v) is 16.2. The second kappa shape index (κ2) is 15.2. The molecule has 7 nitrogen and oxygen atoms in total. The molecule has 203 valence electrons. The van der Waals surface area contributed by atoms with Gasteiger partial charge in [0.1, 0.15) is 0 Å². The highest BCUT2D eigenvalue weighted by Crippen LogP contribution is 2.31. The molecule has 11 heteroatoms. The maximum absolute atomic E-state index is 6.20. The van der Waals surface area contributed by atoms with E-state index in [0.29, 0.717) is 28.6 Å². The van der Waals surface area contributed by atoms with Gasteiger partial charge < -0.3 is 32.8 Å². The fourth-order valence-electron chi connectivity index (χ4n) is 4.14. The van der Waals surface area contributed by atoms with E-state index in [0.717, 1.165) is 68.2 Å². The molecule has 0 fully saturated rings. The topological polar surface area (TPSA) is 64.6 Å². The van der Waals surface area contributed by atoms with Gasteiger partial charge >= 0.3 is 0 Å². The molecule has 3 rings (SSSR count). The number of hydrogen-bond donors (Lipinski definition) is 0. The third-order valence-corrected chi connectivity index (χ3v) is 11.4. The highest BCUT2D eigenvalue weighted by molar-refractivity contribution is 6.59. The van der Waals surface area contributed by atoms with Crippen LogP contribution in [0.1, 0.15) is 0 Å². The molecule has 3 aromatic carbocycles. The third kappa shape index (κ3) is 7.48. The van der Waals surface area contributed by atoms with Crippen molar-refractivity contribution in [1.29, 1.82) is 0 Å². The van der Waals surface area contributed by atoms with Crippen LogP contribution >= 0.6 is 0 Å². The first kappa shape index (κ1) is 30.8. The van der Waals surface area contributed by atoms with Crippen LogP contribution in [0.3, 0.4) is 0 Å². The van der Waals surface area contributed by atoms with Gasteiger partial charge in [0.25, 0.3) is 0 Å². The van der Waals surface area contributed by atoms with Crippen molar-refractivity contribution >= 4 is 54.6 Å². The first-order valence-electron chi connectivity index (χ1n) is 12.2. The minimum Gasteiger partial charge on any atom is -0.493 e. The lowest BCUT2D eigenvalue weighted by Gasteiger charge is -2.34. The summed E-state index contributed by atoms with van der Waals surface area (Å²) in [7, 11) is 14.8. The molecule has 0 aromatic heterocycles. The van der Waals surface area contributed by atoms with Crippen molar-refractivity contribution in [3.63, 3.8) is 0 Å². The van der Waals surface area contributed by atoms with E-state index in [2.05, 4.69) is 28.7 Å². The number of ether oxygens (including phenoxy) is 6. The smallest absolute Gasteiger partial charge is 0.246 e. The van der Waals surface area contributed by atoms with Crippen molar-refractivity contribution in [3.8, 4) is 34.5 Å². The van der Waals surface area contributed by atoms with Gasteiger partial charge in [-0.05, 0) is 51.9 Å². The van der Waals surface area contributed by atoms with Crippen LogP contribution in [-0.4, -0.2) is 87.3 Å². The zero-order valence-corrected chi connectivity index (χ0v) is 27.2. The van der Waals surface area contributed by atoms with Gasteiger partial charge in [-0.15, -0.1) is 0 Å². The summed E-state index contributed by atoms with van der Waals surface area (Å²) in [6.07, 6.45) is 0. The van der Waals surface area contributed by atoms with Gasteiger partial charge in [-0.25, -0.2) is 0 Å². The first-order chi connectivity index (χ1) is 19.0. The Bertz CT molecular complexity index is 1060. The van der Waals surface area contributed by atoms with Crippen LogP contribution < -0.4 is 44.0 Å². The Morgan fingerprint density at radius 3 is 1.05 bits per heavy atom. The van der Waals surface area contributed by atoms with Crippen molar-refractivity contribution in [1.82, 2.24) is 0 Å². The van der Waals surface area contributed by atoms with E-state index in [-0.39, 0.29) is 0 Å². The Hall–Kier alpha value is -2.71. The second-order valence-electron chi connectivity index (χ2n) is 8.47. The summed E-state index contributed by atoms with van der Waals surface area (Å²) < 4.78 is 39.9.